The van der Waals surface area contributed by atoms with E-state index >= 15 is 4.39 Å². The smallest absolute Gasteiger partial charge is 0.253 e. The number of hydrogen-bond acceptors (Lipinski definition) is 8. The maximum atomic E-state index is 15.4. The molecule has 1 N–H and O–H groups in total. The number of piperidine rings is 2. The number of fused-ring (bicyclic) bond motifs is 1. The van der Waals surface area contributed by atoms with Crippen LogP contribution in [0.5, 0.6) is 0 Å². The van der Waals surface area contributed by atoms with Crippen molar-refractivity contribution in [2.24, 2.45) is 5.92 Å². The van der Waals surface area contributed by atoms with Crippen LogP contribution in [-0.2, 0) is 27.5 Å². The van der Waals surface area contributed by atoms with Gasteiger partial charge in [-0.05, 0) is 96.9 Å². The largest absolute Gasteiger partial charge is 0.354 e. The molecule has 60 heavy (non-hydrogen) atoms. The lowest BCUT2D eigenvalue weighted by Crippen LogP contribution is -2.39. The summed E-state index contributed by atoms with van der Waals surface area (Å²) in [4.78, 5) is 60.9. The Morgan fingerprint density at radius 2 is 1.75 bits per heavy atom. The Morgan fingerprint density at radius 1 is 0.950 bits per heavy atom. The second kappa shape index (κ2) is 16.5. The molecule has 3 aliphatic heterocycles. The van der Waals surface area contributed by atoms with E-state index in [0.29, 0.717) is 62.6 Å². The molecule has 2 aromatic carbocycles. The van der Waals surface area contributed by atoms with Gasteiger partial charge in [0.2, 0.25) is 17.7 Å². The van der Waals surface area contributed by atoms with Gasteiger partial charge in [-0.3, -0.25) is 29.2 Å². The monoisotopic (exact) mass is 811 g/mol. The highest BCUT2D eigenvalue weighted by Crippen LogP contribution is 2.41. The number of anilines is 1. The summed E-state index contributed by atoms with van der Waals surface area (Å²) >= 11 is 0. The van der Waals surface area contributed by atoms with Crippen LogP contribution in [0, 0.1) is 11.7 Å². The molecule has 9 rings (SSSR count). The van der Waals surface area contributed by atoms with Crippen LogP contribution in [0.2, 0.25) is 0 Å². The van der Waals surface area contributed by atoms with Crippen molar-refractivity contribution in [3.05, 3.63) is 101 Å². The van der Waals surface area contributed by atoms with E-state index in [4.69, 9.17) is 0 Å². The fourth-order valence-electron chi connectivity index (χ4n) is 9.13. The number of amides is 4. The van der Waals surface area contributed by atoms with Gasteiger partial charge < -0.3 is 19.3 Å². The van der Waals surface area contributed by atoms with Crippen LogP contribution >= 0.6 is 0 Å². The Labute approximate surface area is 348 Å². The molecule has 2 saturated heterocycles. The Bertz CT molecular complexity index is 2480. The minimum Gasteiger partial charge on any atom is -0.354 e. The zero-order valence-corrected chi connectivity index (χ0v) is 34.1. The van der Waals surface area contributed by atoms with E-state index in [1.807, 2.05) is 21.9 Å². The highest BCUT2D eigenvalue weighted by atomic mass is 19.1. The molecule has 1 saturated carbocycles. The van der Waals surface area contributed by atoms with E-state index in [9.17, 15) is 19.2 Å². The second-order valence-electron chi connectivity index (χ2n) is 17.0. The number of nitrogens with one attached hydrogen (secondary N) is 1. The SMILES string of the molecule is CN(C)C(=O)c1cc(-c2ccc(C3CCN(c4ncc(C5CCC(=O)NC5=O)cc4F)CC3)cc2)c2c(c1)cc(C1=CCCN(C(=O)CCn3ccnn3)C1)n2CC1CC1. The second-order valence-corrected chi connectivity index (χ2v) is 17.0. The molecule has 3 aromatic heterocycles. The topological polar surface area (TPSA) is 139 Å². The number of hydrogen-bond donors (Lipinski definition) is 1. The first kappa shape index (κ1) is 39.3. The standard InChI is InChI=1S/C46H50FN9O4/c1-52(2)46(60)35-22-34-25-40(33-4-3-17-54(28-33)42(58)15-20-55-21-16-49-51-55)56(27-29-5-6-29)43(34)38(23-35)32-9-7-30(8-10-32)31-13-18-53(19-14-31)44-39(47)24-36(26-48-44)37-11-12-41(57)50-45(37)59/h4,7-10,16,21-26,29,31,37H,3,5-6,11-15,17-20,27-28H2,1-2H3,(H,50,57,59). The first-order valence-corrected chi connectivity index (χ1v) is 21.1. The van der Waals surface area contributed by atoms with Gasteiger partial charge in [0.1, 0.15) is 0 Å². The summed E-state index contributed by atoms with van der Waals surface area (Å²) in [5.74, 6) is -0.554. The maximum Gasteiger partial charge on any atom is 0.253 e. The molecule has 1 unspecified atom stereocenters. The molecule has 1 aliphatic carbocycles. The molecule has 310 valence electrons. The van der Waals surface area contributed by atoms with Gasteiger partial charge in [-0.2, -0.15) is 0 Å². The number of aromatic nitrogens is 5. The van der Waals surface area contributed by atoms with Crippen molar-refractivity contribution in [3.8, 4) is 11.1 Å². The molecule has 0 radical (unpaired) electrons. The van der Waals surface area contributed by atoms with Gasteiger partial charge in [-0.15, -0.1) is 5.10 Å². The van der Waals surface area contributed by atoms with Crippen molar-refractivity contribution < 1.29 is 23.6 Å². The molecular weight excluding hydrogens is 762 g/mol. The predicted molar refractivity (Wildman–Crippen MR) is 225 cm³/mol. The molecular formula is C46H50FN9O4. The van der Waals surface area contributed by atoms with E-state index in [1.165, 1.54) is 24.5 Å². The average Bonchev–Trinajstić information content (AvgIpc) is 3.78. The number of rotatable bonds is 11. The van der Waals surface area contributed by atoms with Crippen LogP contribution in [0.3, 0.4) is 0 Å². The molecule has 14 heteroatoms. The van der Waals surface area contributed by atoms with Crippen molar-refractivity contribution in [1.29, 1.82) is 0 Å². The fourth-order valence-corrected chi connectivity index (χ4v) is 9.13. The molecule has 4 amide bonds. The number of carbonyl (C=O) groups is 4. The molecule has 1 atom stereocenters. The van der Waals surface area contributed by atoms with Gasteiger partial charge in [-0.25, -0.2) is 9.37 Å². The number of benzene rings is 2. The Kier molecular flexibility index (Phi) is 10.8. The highest BCUT2D eigenvalue weighted by molar-refractivity contribution is 6.05. The lowest BCUT2D eigenvalue weighted by atomic mass is 9.88. The summed E-state index contributed by atoms with van der Waals surface area (Å²) in [6.45, 7) is 3.84. The Morgan fingerprint density at radius 3 is 2.45 bits per heavy atom. The first-order valence-electron chi connectivity index (χ1n) is 21.1. The van der Waals surface area contributed by atoms with Crippen LogP contribution in [0.25, 0.3) is 27.6 Å². The minimum absolute atomic E-state index is 0.0596. The minimum atomic E-state index is -0.580. The summed E-state index contributed by atoms with van der Waals surface area (Å²) in [6.07, 6.45) is 13.0. The summed E-state index contributed by atoms with van der Waals surface area (Å²) in [5, 5.41) is 11.2. The van der Waals surface area contributed by atoms with Crippen molar-refractivity contribution in [2.45, 2.75) is 76.3 Å². The maximum absolute atomic E-state index is 15.4. The lowest BCUT2D eigenvalue weighted by Gasteiger charge is -2.33. The number of carbonyl (C=O) groups excluding carboxylic acids is 4. The third-order valence-electron chi connectivity index (χ3n) is 12.6. The lowest BCUT2D eigenvalue weighted by molar-refractivity contribution is -0.134. The first-order chi connectivity index (χ1) is 29.1. The Balaban J connectivity index is 0.960. The molecule has 6 heterocycles. The third-order valence-corrected chi connectivity index (χ3v) is 12.6. The van der Waals surface area contributed by atoms with Gasteiger partial charge in [-0.1, -0.05) is 35.6 Å². The van der Waals surface area contributed by atoms with Gasteiger partial charge in [0, 0.05) is 94.3 Å². The number of halogens is 1. The summed E-state index contributed by atoms with van der Waals surface area (Å²) in [5.41, 5.74) is 7.69. The van der Waals surface area contributed by atoms with Crippen molar-refractivity contribution >= 4 is 45.9 Å². The molecule has 0 bridgehead atoms. The Hall–Kier alpha value is -6.18. The predicted octanol–water partition coefficient (Wildman–Crippen LogP) is 6.16. The van der Waals surface area contributed by atoms with Crippen LogP contribution in [0.1, 0.15) is 90.4 Å². The van der Waals surface area contributed by atoms with Crippen molar-refractivity contribution in [1.82, 2.24) is 39.7 Å². The van der Waals surface area contributed by atoms with Gasteiger partial charge in [0.05, 0.1) is 24.2 Å². The zero-order valence-electron chi connectivity index (χ0n) is 34.1. The van der Waals surface area contributed by atoms with E-state index in [-0.39, 0.29) is 35.9 Å². The van der Waals surface area contributed by atoms with Crippen molar-refractivity contribution in [3.63, 3.8) is 0 Å². The fraction of sp³-hybridized carbons (Fsp3) is 0.413. The van der Waals surface area contributed by atoms with E-state index < -0.39 is 17.6 Å². The van der Waals surface area contributed by atoms with Crippen LogP contribution in [0.15, 0.2) is 73.2 Å². The number of pyridine rings is 1. The van der Waals surface area contributed by atoms with Gasteiger partial charge >= 0.3 is 0 Å². The van der Waals surface area contributed by atoms with Crippen LogP contribution < -0.4 is 10.2 Å². The van der Waals surface area contributed by atoms with Crippen LogP contribution in [0.4, 0.5) is 10.2 Å². The quantitative estimate of drug-likeness (QED) is 0.157. The number of nitrogens with zero attached hydrogens (tertiary/aromatic N) is 8. The molecule has 13 nitrogen and oxygen atoms in total. The molecule has 3 fully saturated rings. The summed E-state index contributed by atoms with van der Waals surface area (Å²) in [7, 11) is 3.55. The normalized spacial score (nSPS) is 18.8. The van der Waals surface area contributed by atoms with E-state index in [1.54, 1.807) is 42.3 Å². The summed E-state index contributed by atoms with van der Waals surface area (Å²) in [6, 6.07) is 16.4. The van der Waals surface area contributed by atoms with E-state index in [2.05, 4.69) is 61.6 Å². The molecule has 0 spiro atoms. The number of imide groups is 1. The summed E-state index contributed by atoms with van der Waals surface area (Å²) < 4.78 is 19.6. The average molecular weight is 812 g/mol. The highest BCUT2D eigenvalue weighted by Gasteiger charge is 2.31. The number of aryl methyl sites for hydroxylation is 1. The third kappa shape index (κ3) is 8.06. The van der Waals surface area contributed by atoms with Crippen molar-refractivity contribution in [2.75, 3.05) is 45.2 Å². The van der Waals surface area contributed by atoms with E-state index in [0.717, 1.165) is 59.1 Å². The molecule has 4 aliphatic rings. The van der Waals surface area contributed by atoms with Gasteiger partial charge in [0.15, 0.2) is 11.6 Å². The van der Waals surface area contributed by atoms with Gasteiger partial charge in [0.25, 0.3) is 5.91 Å². The molecule has 5 aromatic rings. The van der Waals surface area contributed by atoms with Crippen LogP contribution in [-0.4, -0.2) is 98.2 Å². The zero-order chi connectivity index (χ0) is 41.5.